The van der Waals surface area contributed by atoms with Crippen LogP contribution in [0.5, 0.6) is 0 Å². The third-order valence-corrected chi connectivity index (χ3v) is 3.48. The molecule has 4 heteroatoms. The van der Waals surface area contributed by atoms with Crippen molar-refractivity contribution in [2.75, 3.05) is 0 Å². The highest BCUT2D eigenvalue weighted by atomic mass is 32.1. The van der Waals surface area contributed by atoms with Crippen LogP contribution in [0.1, 0.15) is 18.4 Å². The van der Waals surface area contributed by atoms with Gasteiger partial charge in [-0.3, -0.25) is 0 Å². The molecule has 0 N–H and O–H groups in total. The SMILES string of the molecule is CC(CCc1nc2ccccc2s1)N=C=O. The number of aryl methyl sites for hydroxylation is 1. The van der Waals surface area contributed by atoms with Crippen molar-refractivity contribution in [2.24, 2.45) is 4.99 Å². The van der Waals surface area contributed by atoms with E-state index in [2.05, 4.69) is 16.0 Å². The van der Waals surface area contributed by atoms with Gasteiger partial charge in [0.25, 0.3) is 0 Å². The van der Waals surface area contributed by atoms with Crippen LogP contribution in [0.3, 0.4) is 0 Å². The van der Waals surface area contributed by atoms with Crippen LogP contribution >= 0.6 is 11.3 Å². The van der Waals surface area contributed by atoms with Gasteiger partial charge in [-0.05, 0) is 25.5 Å². The number of thiazole rings is 1. The number of fused-ring (bicyclic) bond motifs is 1. The van der Waals surface area contributed by atoms with Gasteiger partial charge in [0.05, 0.1) is 21.3 Å². The lowest BCUT2D eigenvalue weighted by molar-refractivity contribution is 0.555. The van der Waals surface area contributed by atoms with Crippen LogP contribution in [-0.4, -0.2) is 17.1 Å². The minimum atomic E-state index is 0.0320. The molecule has 1 aromatic carbocycles. The first-order valence-electron chi connectivity index (χ1n) is 5.21. The van der Waals surface area contributed by atoms with Gasteiger partial charge in [-0.2, -0.15) is 0 Å². The summed E-state index contributed by atoms with van der Waals surface area (Å²) in [6.45, 7) is 1.91. The summed E-state index contributed by atoms with van der Waals surface area (Å²) >= 11 is 1.71. The molecule has 1 unspecified atom stereocenters. The average molecular weight is 232 g/mol. The minimum absolute atomic E-state index is 0.0320. The fraction of sp³-hybridized carbons (Fsp3) is 0.333. The van der Waals surface area contributed by atoms with E-state index in [9.17, 15) is 4.79 Å². The van der Waals surface area contributed by atoms with E-state index in [0.717, 1.165) is 23.4 Å². The second-order valence-electron chi connectivity index (χ2n) is 3.68. The van der Waals surface area contributed by atoms with E-state index in [-0.39, 0.29) is 6.04 Å². The molecule has 3 nitrogen and oxygen atoms in total. The van der Waals surface area contributed by atoms with Crippen LogP contribution in [0.15, 0.2) is 29.3 Å². The van der Waals surface area contributed by atoms with Gasteiger partial charge < -0.3 is 0 Å². The third-order valence-electron chi connectivity index (χ3n) is 2.39. The maximum Gasteiger partial charge on any atom is 0.235 e. The predicted octanol–water partition coefficient (Wildman–Crippen LogP) is 2.95. The van der Waals surface area contributed by atoms with Crippen LogP contribution in [0.2, 0.25) is 0 Å². The summed E-state index contributed by atoms with van der Waals surface area (Å²) in [5, 5.41) is 1.11. The monoisotopic (exact) mass is 232 g/mol. The lowest BCUT2D eigenvalue weighted by atomic mass is 10.2. The third kappa shape index (κ3) is 2.54. The van der Waals surface area contributed by atoms with Crippen LogP contribution < -0.4 is 0 Å². The molecule has 1 aromatic heterocycles. The number of aromatic nitrogens is 1. The summed E-state index contributed by atoms with van der Waals surface area (Å²) in [6, 6.07) is 8.13. The van der Waals surface area contributed by atoms with Gasteiger partial charge in [-0.25, -0.2) is 14.8 Å². The Morgan fingerprint density at radius 1 is 1.50 bits per heavy atom. The van der Waals surface area contributed by atoms with E-state index < -0.39 is 0 Å². The number of isocyanates is 1. The first-order chi connectivity index (χ1) is 7.79. The molecule has 16 heavy (non-hydrogen) atoms. The first-order valence-corrected chi connectivity index (χ1v) is 6.02. The van der Waals surface area contributed by atoms with Crippen LogP contribution in [0, 0.1) is 0 Å². The molecule has 0 saturated heterocycles. The highest BCUT2D eigenvalue weighted by Crippen LogP contribution is 2.22. The van der Waals surface area contributed by atoms with Crippen molar-refractivity contribution in [3.05, 3.63) is 29.3 Å². The van der Waals surface area contributed by atoms with Gasteiger partial charge in [0.15, 0.2) is 0 Å². The molecule has 0 bridgehead atoms. The van der Waals surface area contributed by atoms with Gasteiger partial charge in [-0.15, -0.1) is 11.3 Å². The molecule has 0 aliphatic carbocycles. The second kappa shape index (κ2) is 5.01. The number of hydrogen-bond donors (Lipinski definition) is 0. The van der Waals surface area contributed by atoms with Crippen molar-refractivity contribution in [1.29, 1.82) is 0 Å². The number of aliphatic imine (C=N–C) groups is 1. The van der Waals surface area contributed by atoms with Gasteiger partial charge in [0.1, 0.15) is 0 Å². The Bertz CT molecular complexity index is 496. The quantitative estimate of drug-likeness (QED) is 0.600. The normalized spacial score (nSPS) is 12.3. The van der Waals surface area contributed by atoms with Gasteiger partial charge in [-0.1, -0.05) is 12.1 Å². The molecule has 1 atom stereocenters. The molecule has 2 rings (SSSR count). The molecule has 0 fully saturated rings. The second-order valence-corrected chi connectivity index (χ2v) is 4.80. The molecule has 0 spiro atoms. The van der Waals surface area contributed by atoms with Crippen molar-refractivity contribution >= 4 is 27.6 Å². The Morgan fingerprint density at radius 2 is 2.31 bits per heavy atom. The Kier molecular flexibility index (Phi) is 3.44. The highest BCUT2D eigenvalue weighted by Gasteiger charge is 2.05. The smallest absolute Gasteiger partial charge is 0.235 e. The topological polar surface area (TPSA) is 42.3 Å². The van der Waals surface area contributed by atoms with Gasteiger partial charge in [0.2, 0.25) is 6.08 Å². The fourth-order valence-electron chi connectivity index (χ4n) is 1.51. The molecule has 0 amide bonds. The summed E-state index contributed by atoms with van der Waals surface area (Å²) in [6.07, 6.45) is 3.30. The Balaban J connectivity index is 2.07. The number of rotatable bonds is 4. The molecule has 0 saturated carbocycles. The van der Waals surface area contributed by atoms with Crippen LogP contribution in [-0.2, 0) is 11.2 Å². The van der Waals surface area contributed by atoms with Crippen molar-refractivity contribution in [3.8, 4) is 0 Å². The Labute approximate surface area is 97.9 Å². The molecule has 1 heterocycles. The van der Waals surface area contributed by atoms with Crippen LogP contribution in [0.25, 0.3) is 10.2 Å². The zero-order chi connectivity index (χ0) is 11.4. The molecular weight excluding hydrogens is 220 g/mol. The Morgan fingerprint density at radius 3 is 3.06 bits per heavy atom. The summed E-state index contributed by atoms with van der Waals surface area (Å²) in [4.78, 5) is 18.3. The van der Waals surface area contributed by atoms with Crippen molar-refractivity contribution in [1.82, 2.24) is 4.98 Å². The van der Waals surface area contributed by atoms with E-state index in [1.807, 2.05) is 25.1 Å². The van der Waals surface area contributed by atoms with E-state index in [1.165, 1.54) is 4.70 Å². The fourth-order valence-corrected chi connectivity index (χ4v) is 2.50. The number of nitrogens with zero attached hydrogens (tertiary/aromatic N) is 2. The zero-order valence-electron chi connectivity index (χ0n) is 9.01. The summed E-state index contributed by atoms with van der Waals surface area (Å²) in [5.41, 5.74) is 1.05. The standard InChI is InChI=1S/C12H12N2OS/c1-9(13-8-15)6-7-12-14-10-4-2-3-5-11(10)16-12/h2-5,9H,6-7H2,1H3. The van der Waals surface area contributed by atoms with E-state index in [1.54, 1.807) is 17.4 Å². The maximum absolute atomic E-state index is 10.1. The van der Waals surface area contributed by atoms with E-state index in [0.29, 0.717) is 0 Å². The molecule has 82 valence electrons. The number of carbonyl (C=O) groups excluding carboxylic acids is 1. The van der Waals surface area contributed by atoms with Crippen LogP contribution in [0.4, 0.5) is 0 Å². The number of hydrogen-bond acceptors (Lipinski definition) is 4. The lowest BCUT2D eigenvalue weighted by Gasteiger charge is -1.99. The van der Waals surface area contributed by atoms with Crippen molar-refractivity contribution in [3.63, 3.8) is 0 Å². The van der Waals surface area contributed by atoms with Crippen molar-refractivity contribution < 1.29 is 4.79 Å². The van der Waals surface area contributed by atoms with Gasteiger partial charge in [0, 0.05) is 6.42 Å². The molecule has 0 aliphatic heterocycles. The largest absolute Gasteiger partial charge is 0.241 e. The highest BCUT2D eigenvalue weighted by molar-refractivity contribution is 7.18. The molecule has 0 radical (unpaired) electrons. The maximum atomic E-state index is 10.1. The summed E-state index contributed by atoms with van der Waals surface area (Å²) < 4.78 is 1.21. The zero-order valence-corrected chi connectivity index (χ0v) is 9.83. The summed E-state index contributed by atoms with van der Waals surface area (Å²) in [5.74, 6) is 0. The minimum Gasteiger partial charge on any atom is -0.241 e. The molecular formula is C12H12N2OS. The molecule has 2 aromatic rings. The lowest BCUT2D eigenvalue weighted by Crippen LogP contribution is -1.99. The van der Waals surface area contributed by atoms with E-state index in [4.69, 9.17) is 0 Å². The Hall–Kier alpha value is -1.51. The first kappa shape index (κ1) is 11.0. The number of benzene rings is 1. The predicted molar refractivity (Wildman–Crippen MR) is 65.5 cm³/mol. The number of para-hydroxylation sites is 1. The average Bonchev–Trinajstić information content (AvgIpc) is 2.69. The molecule has 0 aliphatic rings. The summed E-state index contributed by atoms with van der Waals surface area (Å²) in [7, 11) is 0. The van der Waals surface area contributed by atoms with Crippen molar-refractivity contribution in [2.45, 2.75) is 25.8 Å². The van der Waals surface area contributed by atoms with Gasteiger partial charge >= 0.3 is 0 Å². The van der Waals surface area contributed by atoms with E-state index >= 15 is 0 Å².